The maximum absolute atomic E-state index is 3.94. The molecule has 0 nitrogen and oxygen atoms in total. The highest BCUT2D eigenvalue weighted by molar-refractivity contribution is 5.26. The van der Waals surface area contributed by atoms with Gasteiger partial charge >= 0.3 is 0 Å². The lowest BCUT2D eigenvalue weighted by Gasteiger charge is -2.25. The Kier molecular flexibility index (Phi) is 5.17. The second-order valence-corrected chi connectivity index (χ2v) is 4.12. The first-order valence-electron chi connectivity index (χ1n) is 5.93. The number of allylic oxidation sites excluding steroid dienone is 6. The molecule has 1 rings (SSSR count). The molecule has 0 aromatic rings. The van der Waals surface area contributed by atoms with Crippen molar-refractivity contribution < 1.29 is 0 Å². The Bertz CT molecular complexity index is 268. The van der Waals surface area contributed by atoms with Crippen LogP contribution in [0, 0.1) is 11.8 Å². The molecule has 2 atom stereocenters. The molecule has 0 radical (unpaired) electrons. The van der Waals surface area contributed by atoms with E-state index in [2.05, 4.69) is 44.4 Å². The average molecular weight is 202 g/mol. The molecule has 0 saturated carbocycles. The molecule has 0 aromatic heterocycles. The Hall–Kier alpha value is -1.04. The van der Waals surface area contributed by atoms with Gasteiger partial charge in [0.15, 0.2) is 0 Å². The molecular formula is C15H22. The minimum absolute atomic E-state index is 0.543. The van der Waals surface area contributed by atoms with E-state index >= 15 is 0 Å². The summed E-state index contributed by atoms with van der Waals surface area (Å²) in [6.45, 7) is 10.0. The first-order chi connectivity index (χ1) is 7.33. The SMILES string of the molecule is C=CCC(C=C)C(CC)C1=CCCC=C1. The molecular weight excluding hydrogens is 180 g/mol. The third-order valence-electron chi connectivity index (χ3n) is 3.15. The van der Waals surface area contributed by atoms with Crippen LogP contribution in [0.25, 0.3) is 0 Å². The minimum atomic E-state index is 0.543. The Balaban J connectivity index is 2.75. The quantitative estimate of drug-likeness (QED) is 0.549. The van der Waals surface area contributed by atoms with Crippen LogP contribution in [0.4, 0.5) is 0 Å². The highest BCUT2D eigenvalue weighted by atomic mass is 14.2. The normalized spacial score (nSPS) is 19.1. The molecule has 2 unspecified atom stereocenters. The van der Waals surface area contributed by atoms with E-state index in [-0.39, 0.29) is 0 Å². The Labute approximate surface area is 94.1 Å². The van der Waals surface area contributed by atoms with E-state index in [1.54, 1.807) is 0 Å². The van der Waals surface area contributed by atoms with Crippen LogP contribution < -0.4 is 0 Å². The lowest BCUT2D eigenvalue weighted by Crippen LogP contribution is -2.14. The van der Waals surface area contributed by atoms with Crippen molar-refractivity contribution in [3.05, 3.63) is 49.1 Å². The van der Waals surface area contributed by atoms with E-state index in [1.165, 1.54) is 24.8 Å². The molecule has 0 amide bonds. The zero-order valence-corrected chi connectivity index (χ0v) is 9.78. The van der Waals surface area contributed by atoms with Crippen LogP contribution in [-0.2, 0) is 0 Å². The second-order valence-electron chi connectivity index (χ2n) is 4.12. The zero-order valence-electron chi connectivity index (χ0n) is 9.78. The molecule has 1 aliphatic carbocycles. The van der Waals surface area contributed by atoms with Gasteiger partial charge in [0.2, 0.25) is 0 Å². The van der Waals surface area contributed by atoms with Crippen LogP contribution in [0.2, 0.25) is 0 Å². The smallest absolute Gasteiger partial charge is 0.0102 e. The molecule has 15 heavy (non-hydrogen) atoms. The standard InChI is InChI=1S/C15H22/c1-4-10-13(5-2)15(6-3)14-11-8-7-9-12-14/h4-5,8,11-13,15H,1-2,6-7,9-10H2,3H3. The van der Waals surface area contributed by atoms with Gasteiger partial charge in [0.25, 0.3) is 0 Å². The van der Waals surface area contributed by atoms with Gasteiger partial charge < -0.3 is 0 Å². The lowest BCUT2D eigenvalue weighted by molar-refractivity contribution is 0.449. The monoisotopic (exact) mass is 202 g/mol. The van der Waals surface area contributed by atoms with Gasteiger partial charge in [0.05, 0.1) is 0 Å². The topological polar surface area (TPSA) is 0 Å². The van der Waals surface area contributed by atoms with Crippen LogP contribution >= 0.6 is 0 Å². The van der Waals surface area contributed by atoms with Gasteiger partial charge in [-0.2, -0.15) is 0 Å². The van der Waals surface area contributed by atoms with E-state index < -0.39 is 0 Å². The molecule has 82 valence electrons. The first-order valence-corrected chi connectivity index (χ1v) is 5.93. The van der Waals surface area contributed by atoms with Gasteiger partial charge in [0.1, 0.15) is 0 Å². The fourth-order valence-electron chi connectivity index (χ4n) is 2.31. The molecule has 0 spiro atoms. The Morgan fingerprint density at radius 3 is 2.67 bits per heavy atom. The highest BCUT2D eigenvalue weighted by Crippen LogP contribution is 2.31. The van der Waals surface area contributed by atoms with Crippen LogP contribution in [0.5, 0.6) is 0 Å². The summed E-state index contributed by atoms with van der Waals surface area (Å²) < 4.78 is 0. The molecule has 0 saturated heterocycles. The van der Waals surface area contributed by atoms with Gasteiger partial charge in [-0.05, 0) is 43.1 Å². The third-order valence-corrected chi connectivity index (χ3v) is 3.15. The molecule has 0 aliphatic heterocycles. The lowest BCUT2D eigenvalue weighted by atomic mass is 9.80. The van der Waals surface area contributed by atoms with Crippen molar-refractivity contribution in [1.29, 1.82) is 0 Å². The molecule has 0 heteroatoms. The van der Waals surface area contributed by atoms with E-state index in [0.717, 1.165) is 6.42 Å². The summed E-state index contributed by atoms with van der Waals surface area (Å²) in [5.41, 5.74) is 1.50. The van der Waals surface area contributed by atoms with Crippen molar-refractivity contribution in [3.8, 4) is 0 Å². The number of hydrogen-bond donors (Lipinski definition) is 0. The first kappa shape index (κ1) is 12.0. The van der Waals surface area contributed by atoms with Crippen LogP contribution in [0.1, 0.15) is 32.6 Å². The van der Waals surface area contributed by atoms with Crippen molar-refractivity contribution in [2.75, 3.05) is 0 Å². The highest BCUT2D eigenvalue weighted by Gasteiger charge is 2.19. The third kappa shape index (κ3) is 3.23. The molecule has 0 bridgehead atoms. The maximum Gasteiger partial charge on any atom is -0.0102 e. The molecule has 0 fully saturated rings. The number of rotatable bonds is 6. The Morgan fingerprint density at radius 1 is 1.40 bits per heavy atom. The van der Waals surface area contributed by atoms with Gasteiger partial charge in [-0.3, -0.25) is 0 Å². The number of hydrogen-bond acceptors (Lipinski definition) is 0. The summed E-state index contributed by atoms with van der Waals surface area (Å²) in [6.07, 6.45) is 15.6. The minimum Gasteiger partial charge on any atom is -0.103 e. The fraction of sp³-hybridized carbons (Fsp3) is 0.467. The van der Waals surface area contributed by atoms with Crippen molar-refractivity contribution in [3.63, 3.8) is 0 Å². The van der Waals surface area contributed by atoms with E-state index in [9.17, 15) is 0 Å². The van der Waals surface area contributed by atoms with Gasteiger partial charge in [-0.15, -0.1) is 13.2 Å². The predicted octanol–water partition coefficient (Wildman–Crippen LogP) is 4.67. The fourth-order valence-corrected chi connectivity index (χ4v) is 2.31. The predicted molar refractivity (Wildman–Crippen MR) is 68.7 cm³/mol. The summed E-state index contributed by atoms with van der Waals surface area (Å²) >= 11 is 0. The van der Waals surface area contributed by atoms with Crippen molar-refractivity contribution in [2.45, 2.75) is 32.6 Å². The van der Waals surface area contributed by atoms with E-state index in [0.29, 0.717) is 11.8 Å². The van der Waals surface area contributed by atoms with Crippen molar-refractivity contribution in [2.24, 2.45) is 11.8 Å². The summed E-state index contributed by atoms with van der Waals surface area (Å²) in [5.74, 6) is 1.17. The summed E-state index contributed by atoms with van der Waals surface area (Å²) in [4.78, 5) is 0. The van der Waals surface area contributed by atoms with Crippen LogP contribution in [0.15, 0.2) is 49.1 Å². The summed E-state index contributed by atoms with van der Waals surface area (Å²) in [7, 11) is 0. The molecule has 1 aliphatic rings. The molecule has 0 N–H and O–H groups in total. The van der Waals surface area contributed by atoms with Gasteiger partial charge in [0, 0.05) is 0 Å². The van der Waals surface area contributed by atoms with Gasteiger partial charge in [-0.1, -0.05) is 37.3 Å². The Morgan fingerprint density at radius 2 is 2.20 bits per heavy atom. The zero-order chi connectivity index (χ0) is 11.1. The van der Waals surface area contributed by atoms with Crippen LogP contribution in [0.3, 0.4) is 0 Å². The summed E-state index contributed by atoms with van der Waals surface area (Å²) in [5, 5.41) is 0. The van der Waals surface area contributed by atoms with Crippen molar-refractivity contribution in [1.82, 2.24) is 0 Å². The summed E-state index contributed by atoms with van der Waals surface area (Å²) in [6, 6.07) is 0. The average Bonchev–Trinajstić information content (AvgIpc) is 2.30. The van der Waals surface area contributed by atoms with Gasteiger partial charge in [-0.25, -0.2) is 0 Å². The van der Waals surface area contributed by atoms with Crippen LogP contribution in [-0.4, -0.2) is 0 Å². The van der Waals surface area contributed by atoms with E-state index in [4.69, 9.17) is 0 Å². The maximum atomic E-state index is 3.94. The molecule has 0 aromatic carbocycles. The molecule has 0 heterocycles. The largest absolute Gasteiger partial charge is 0.103 e. The van der Waals surface area contributed by atoms with E-state index in [1.807, 2.05) is 6.08 Å². The van der Waals surface area contributed by atoms with Crippen molar-refractivity contribution >= 4 is 0 Å². The second kappa shape index (κ2) is 6.44.